The quantitative estimate of drug-likeness (QED) is 0.887. The third-order valence-corrected chi connectivity index (χ3v) is 4.68. The summed E-state index contributed by atoms with van der Waals surface area (Å²) < 4.78 is 8.32. The lowest BCUT2D eigenvalue weighted by Gasteiger charge is -2.26. The summed E-state index contributed by atoms with van der Waals surface area (Å²) in [4.78, 5) is 4.38. The molecule has 2 fully saturated rings. The molecule has 0 amide bonds. The van der Waals surface area contributed by atoms with Crippen molar-refractivity contribution >= 4 is 0 Å². The Labute approximate surface area is 115 Å². The zero-order chi connectivity index (χ0) is 13.4. The maximum atomic E-state index is 5.97. The van der Waals surface area contributed by atoms with Gasteiger partial charge in [0, 0.05) is 31.0 Å². The fraction of sp³-hybridized carbons (Fsp3) is 0.800. The van der Waals surface area contributed by atoms with Gasteiger partial charge < -0.3 is 15.0 Å². The Morgan fingerprint density at radius 3 is 2.84 bits per heavy atom. The monoisotopic (exact) mass is 263 g/mol. The van der Waals surface area contributed by atoms with Crippen LogP contribution < -0.4 is 5.73 Å². The second-order valence-corrected chi connectivity index (χ2v) is 6.34. The molecule has 0 spiro atoms. The van der Waals surface area contributed by atoms with E-state index in [2.05, 4.69) is 23.4 Å². The molecule has 1 aliphatic carbocycles. The van der Waals surface area contributed by atoms with Gasteiger partial charge in [0.15, 0.2) is 0 Å². The van der Waals surface area contributed by atoms with Crippen LogP contribution in [0.3, 0.4) is 0 Å². The molecule has 2 aliphatic rings. The maximum absolute atomic E-state index is 5.97. The number of nitrogens with two attached hydrogens (primary N) is 1. The molecule has 1 aliphatic heterocycles. The lowest BCUT2D eigenvalue weighted by Crippen LogP contribution is -2.27. The average molecular weight is 263 g/mol. The molecular weight excluding hydrogens is 238 g/mol. The van der Waals surface area contributed by atoms with Gasteiger partial charge in [0.25, 0.3) is 0 Å². The van der Waals surface area contributed by atoms with Gasteiger partial charge in [0.05, 0.1) is 18.5 Å². The first-order chi connectivity index (χ1) is 9.22. The van der Waals surface area contributed by atoms with Crippen LogP contribution in [0.2, 0.25) is 0 Å². The highest BCUT2D eigenvalue weighted by molar-refractivity contribution is 5.11. The number of rotatable bonds is 5. The van der Waals surface area contributed by atoms with E-state index in [9.17, 15) is 0 Å². The predicted molar refractivity (Wildman–Crippen MR) is 75.0 cm³/mol. The molecule has 2 N–H and O–H groups in total. The van der Waals surface area contributed by atoms with Crippen molar-refractivity contribution in [1.82, 2.24) is 9.55 Å². The van der Waals surface area contributed by atoms with Crippen LogP contribution in [0.4, 0.5) is 0 Å². The van der Waals surface area contributed by atoms with Crippen molar-refractivity contribution in [3.8, 4) is 0 Å². The standard InChI is InChI=1S/C15H25N3O/c1-10(2)12(7-16)14-8-17-9-18(14)13-5-6-19-15(13)11-3-4-11/h8-13,15H,3-7,16H2,1-2H3. The van der Waals surface area contributed by atoms with Gasteiger partial charge in [-0.3, -0.25) is 0 Å². The van der Waals surface area contributed by atoms with Crippen molar-refractivity contribution in [1.29, 1.82) is 0 Å². The van der Waals surface area contributed by atoms with Gasteiger partial charge in [-0.1, -0.05) is 13.8 Å². The lowest BCUT2D eigenvalue weighted by molar-refractivity contribution is 0.0742. The third-order valence-electron chi connectivity index (χ3n) is 4.68. The summed E-state index contributed by atoms with van der Waals surface area (Å²) in [7, 11) is 0. The van der Waals surface area contributed by atoms with Crippen LogP contribution in [0.5, 0.6) is 0 Å². The van der Waals surface area contributed by atoms with Crippen LogP contribution in [-0.2, 0) is 4.74 Å². The van der Waals surface area contributed by atoms with E-state index in [0.29, 0.717) is 30.5 Å². The minimum atomic E-state index is 0.392. The van der Waals surface area contributed by atoms with E-state index in [1.165, 1.54) is 18.5 Å². The van der Waals surface area contributed by atoms with Crippen molar-refractivity contribution in [2.45, 2.75) is 51.2 Å². The Bertz CT molecular complexity index is 425. The fourth-order valence-corrected chi connectivity index (χ4v) is 3.39. The van der Waals surface area contributed by atoms with Crippen molar-refractivity contribution in [3.63, 3.8) is 0 Å². The highest BCUT2D eigenvalue weighted by atomic mass is 16.5. The molecule has 0 aromatic carbocycles. The number of hydrogen-bond donors (Lipinski definition) is 1. The van der Waals surface area contributed by atoms with Crippen molar-refractivity contribution in [3.05, 3.63) is 18.2 Å². The molecular formula is C15H25N3O. The topological polar surface area (TPSA) is 53.1 Å². The lowest BCUT2D eigenvalue weighted by atomic mass is 9.92. The molecule has 1 saturated carbocycles. The summed E-state index contributed by atoms with van der Waals surface area (Å²) in [6, 6.07) is 0.470. The predicted octanol–water partition coefficient (Wildman–Crippen LogP) is 2.32. The van der Waals surface area contributed by atoms with Gasteiger partial charge >= 0.3 is 0 Å². The molecule has 3 unspecified atom stereocenters. The Hall–Kier alpha value is -0.870. The molecule has 2 heterocycles. The van der Waals surface area contributed by atoms with Crippen molar-refractivity contribution in [2.75, 3.05) is 13.2 Å². The molecule has 19 heavy (non-hydrogen) atoms. The number of hydrogen-bond acceptors (Lipinski definition) is 3. The normalized spacial score (nSPS) is 29.1. The maximum Gasteiger partial charge on any atom is 0.0951 e. The van der Waals surface area contributed by atoms with E-state index in [4.69, 9.17) is 10.5 Å². The molecule has 3 atom stereocenters. The first kappa shape index (κ1) is 13.1. The SMILES string of the molecule is CC(C)C(CN)c1cncn1C1CCOC1C1CC1. The molecule has 1 aromatic heterocycles. The Kier molecular flexibility index (Phi) is 3.63. The molecule has 0 radical (unpaired) electrons. The Balaban J connectivity index is 1.86. The third kappa shape index (κ3) is 2.43. The minimum Gasteiger partial charge on any atom is -0.376 e. The zero-order valence-corrected chi connectivity index (χ0v) is 12.0. The van der Waals surface area contributed by atoms with Gasteiger partial charge in [-0.15, -0.1) is 0 Å². The first-order valence-corrected chi connectivity index (χ1v) is 7.55. The Morgan fingerprint density at radius 1 is 1.42 bits per heavy atom. The number of imidazole rings is 1. The number of nitrogens with zero attached hydrogens (tertiary/aromatic N) is 2. The minimum absolute atomic E-state index is 0.392. The molecule has 0 bridgehead atoms. The smallest absolute Gasteiger partial charge is 0.0951 e. The molecule has 3 rings (SSSR count). The average Bonchev–Trinajstić information content (AvgIpc) is 2.93. The van der Waals surface area contributed by atoms with Gasteiger partial charge in [-0.05, 0) is 31.1 Å². The van der Waals surface area contributed by atoms with E-state index in [1.807, 2.05) is 12.5 Å². The van der Waals surface area contributed by atoms with Crippen LogP contribution in [-0.4, -0.2) is 28.8 Å². The molecule has 106 valence electrons. The van der Waals surface area contributed by atoms with Crippen LogP contribution in [0.25, 0.3) is 0 Å². The van der Waals surface area contributed by atoms with Crippen molar-refractivity contribution < 1.29 is 4.74 Å². The fourth-order valence-electron chi connectivity index (χ4n) is 3.39. The van der Waals surface area contributed by atoms with E-state index in [-0.39, 0.29) is 0 Å². The van der Waals surface area contributed by atoms with E-state index >= 15 is 0 Å². The molecule has 4 heteroatoms. The highest BCUT2D eigenvalue weighted by Gasteiger charge is 2.42. The van der Waals surface area contributed by atoms with Crippen LogP contribution in [0, 0.1) is 11.8 Å². The summed E-state index contributed by atoms with van der Waals surface area (Å²) >= 11 is 0. The molecule has 1 saturated heterocycles. The highest BCUT2D eigenvalue weighted by Crippen LogP contribution is 2.44. The van der Waals surface area contributed by atoms with E-state index < -0.39 is 0 Å². The largest absolute Gasteiger partial charge is 0.376 e. The van der Waals surface area contributed by atoms with E-state index in [0.717, 1.165) is 18.9 Å². The van der Waals surface area contributed by atoms with Gasteiger partial charge in [0.1, 0.15) is 0 Å². The molecule has 4 nitrogen and oxygen atoms in total. The van der Waals surface area contributed by atoms with Crippen molar-refractivity contribution in [2.24, 2.45) is 17.6 Å². The van der Waals surface area contributed by atoms with Crippen LogP contribution in [0.1, 0.15) is 50.8 Å². The number of aromatic nitrogens is 2. The van der Waals surface area contributed by atoms with Gasteiger partial charge in [0.2, 0.25) is 0 Å². The summed E-state index contributed by atoms with van der Waals surface area (Å²) in [5, 5.41) is 0. The van der Waals surface area contributed by atoms with Crippen LogP contribution >= 0.6 is 0 Å². The van der Waals surface area contributed by atoms with E-state index in [1.54, 1.807) is 0 Å². The summed E-state index contributed by atoms with van der Waals surface area (Å²) in [6.45, 7) is 6.04. The Morgan fingerprint density at radius 2 is 2.21 bits per heavy atom. The summed E-state index contributed by atoms with van der Waals surface area (Å²) in [5.41, 5.74) is 7.26. The summed E-state index contributed by atoms with van der Waals surface area (Å²) in [5.74, 6) is 1.71. The number of ether oxygens (including phenoxy) is 1. The zero-order valence-electron chi connectivity index (χ0n) is 12.0. The summed E-state index contributed by atoms with van der Waals surface area (Å²) in [6.07, 6.45) is 8.15. The second-order valence-electron chi connectivity index (χ2n) is 6.34. The van der Waals surface area contributed by atoms with Gasteiger partial charge in [-0.2, -0.15) is 0 Å². The first-order valence-electron chi connectivity index (χ1n) is 7.55. The second kappa shape index (κ2) is 5.25. The van der Waals surface area contributed by atoms with Crippen LogP contribution in [0.15, 0.2) is 12.5 Å². The molecule has 1 aromatic rings. The van der Waals surface area contributed by atoms with Gasteiger partial charge in [-0.25, -0.2) is 4.98 Å².